The van der Waals surface area contributed by atoms with Crippen LogP contribution in [0.3, 0.4) is 0 Å². The number of carbonyl (C=O) groups is 2. The van der Waals surface area contributed by atoms with Crippen LogP contribution in [-0.4, -0.2) is 22.5 Å². The standard InChI is InChI=1S/C15H19NO3S/c1-15(7-3-2-4-8-15)16-14(19)11-9-12(20-10-11)5-6-13(17)18/h5-6,9-10H,2-4,7-8H2,1H3,(H,16,19)(H,17,18). The van der Waals surface area contributed by atoms with Gasteiger partial charge in [-0.1, -0.05) is 19.3 Å². The molecule has 1 aromatic heterocycles. The van der Waals surface area contributed by atoms with E-state index >= 15 is 0 Å². The molecule has 2 N–H and O–H groups in total. The summed E-state index contributed by atoms with van der Waals surface area (Å²) in [6.45, 7) is 2.10. The number of amides is 1. The second kappa shape index (κ2) is 6.22. The number of thiophene rings is 1. The highest BCUT2D eigenvalue weighted by Crippen LogP contribution is 2.28. The number of hydrogen-bond acceptors (Lipinski definition) is 3. The topological polar surface area (TPSA) is 66.4 Å². The Morgan fingerprint density at radius 2 is 2.05 bits per heavy atom. The molecule has 108 valence electrons. The van der Waals surface area contributed by atoms with E-state index in [0.29, 0.717) is 5.56 Å². The number of rotatable bonds is 4. The summed E-state index contributed by atoms with van der Waals surface area (Å²) in [6, 6.07) is 1.73. The molecule has 20 heavy (non-hydrogen) atoms. The molecule has 0 radical (unpaired) electrons. The predicted octanol–water partition coefficient (Wildman–Crippen LogP) is 3.30. The lowest BCUT2D eigenvalue weighted by molar-refractivity contribution is -0.131. The smallest absolute Gasteiger partial charge is 0.328 e. The highest BCUT2D eigenvalue weighted by atomic mass is 32.1. The van der Waals surface area contributed by atoms with Crippen molar-refractivity contribution in [3.05, 3.63) is 28.0 Å². The van der Waals surface area contributed by atoms with Crippen molar-refractivity contribution in [1.82, 2.24) is 5.32 Å². The van der Waals surface area contributed by atoms with Gasteiger partial charge in [-0.3, -0.25) is 4.79 Å². The minimum Gasteiger partial charge on any atom is -0.478 e. The van der Waals surface area contributed by atoms with Crippen molar-refractivity contribution in [2.75, 3.05) is 0 Å². The zero-order chi connectivity index (χ0) is 14.6. The van der Waals surface area contributed by atoms with E-state index in [1.807, 2.05) is 0 Å². The summed E-state index contributed by atoms with van der Waals surface area (Å²) in [5.41, 5.74) is 0.501. The molecule has 0 spiro atoms. The third kappa shape index (κ3) is 3.93. The molecule has 0 unspecified atom stereocenters. The van der Waals surface area contributed by atoms with Crippen LogP contribution in [-0.2, 0) is 4.79 Å². The molecule has 4 nitrogen and oxygen atoms in total. The lowest BCUT2D eigenvalue weighted by atomic mass is 9.83. The van der Waals surface area contributed by atoms with Gasteiger partial charge >= 0.3 is 5.97 Å². The van der Waals surface area contributed by atoms with E-state index in [1.54, 1.807) is 11.4 Å². The Kier molecular flexibility index (Phi) is 4.60. The first-order valence-corrected chi connectivity index (χ1v) is 7.69. The molecule has 0 saturated heterocycles. The van der Waals surface area contributed by atoms with E-state index in [2.05, 4.69) is 12.2 Å². The Balaban J connectivity index is 2.00. The van der Waals surface area contributed by atoms with Crippen LogP contribution in [0, 0.1) is 0 Å². The average molecular weight is 293 g/mol. The second-order valence-electron chi connectivity index (χ2n) is 5.48. The Bertz CT molecular complexity index is 527. The van der Waals surface area contributed by atoms with Crippen molar-refractivity contribution in [1.29, 1.82) is 0 Å². The summed E-state index contributed by atoms with van der Waals surface area (Å²) >= 11 is 1.37. The molecular weight excluding hydrogens is 274 g/mol. The van der Waals surface area contributed by atoms with Gasteiger partial charge in [-0.2, -0.15) is 0 Å². The van der Waals surface area contributed by atoms with Crippen LogP contribution in [0.4, 0.5) is 0 Å². The van der Waals surface area contributed by atoms with Crippen molar-refractivity contribution in [2.45, 2.75) is 44.6 Å². The minimum absolute atomic E-state index is 0.0689. The molecule has 1 amide bonds. The van der Waals surface area contributed by atoms with E-state index < -0.39 is 5.97 Å². The molecule has 0 atom stereocenters. The molecule has 1 aliphatic rings. The first-order valence-electron chi connectivity index (χ1n) is 6.81. The van der Waals surface area contributed by atoms with Gasteiger partial charge in [-0.05, 0) is 31.9 Å². The van der Waals surface area contributed by atoms with Crippen molar-refractivity contribution in [3.8, 4) is 0 Å². The monoisotopic (exact) mass is 293 g/mol. The average Bonchev–Trinajstić information content (AvgIpc) is 2.85. The van der Waals surface area contributed by atoms with Crippen molar-refractivity contribution in [2.24, 2.45) is 0 Å². The summed E-state index contributed by atoms with van der Waals surface area (Å²) in [5, 5.41) is 13.5. The number of carboxylic acid groups (broad SMARTS) is 1. The highest BCUT2D eigenvalue weighted by Gasteiger charge is 2.28. The number of carbonyl (C=O) groups excluding carboxylic acids is 1. The van der Waals surface area contributed by atoms with Gasteiger partial charge in [0.2, 0.25) is 0 Å². The van der Waals surface area contributed by atoms with Crippen LogP contribution in [0.15, 0.2) is 17.5 Å². The van der Waals surface area contributed by atoms with Crippen LogP contribution in [0.25, 0.3) is 6.08 Å². The van der Waals surface area contributed by atoms with E-state index in [1.165, 1.54) is 23.8 Å². The maximum absolute atomic E-state index is 12.2. The molecule has 1 aromatic rings. The van der Waals surface area contributed by atoms with Crippen LogP contribution in [0.1, 0.15) is 54.3 Å². The number of nitrogens with one attached hydrogen (secondary N) is 1. The second-order valence-corrected chi connectivity index (χ2v) is 6.43. The minimum atomic E-state index is -0.987. The molecule has 1 fully saturated rings. The number of hydrogen-bond donors (Lipinski definition) is 2. The van der Waals surface area contributed by atoms with Crippen LogP contribution < -0.4 is 5.32 Å². The Hall–Kier alpha value is -1.62. The Labute approximate surface area is 122 Å². The molecule has 1 aliphatic carbocycles. The summed E-state index contributed by atoms with van der Waals surface area (Å²) < 4.78 is 0. The van der Waals surface area contributed by atoms with Crippen molar-refractivity contribution in [3.63, 3.8) is 0 Å². The normalized spacial score (nSPS) is 18.1. The van der Waals surface area contributed by atoms with Gasteiger partial charge in [0, 0.05) is 21.9 Å². The molecule has 0 aliphatic heterocycles. The SMILES string of the molecule is CC1(NC(=O)c2csc(C=CC(=O)O)c2)CCCCC1. The maximum Gasteiger partial charge on any atom is 0.328 e. The van der Waals surface area contributed by atoms with E-state index in [4.69, 9.17) is 5.11 Å². The van der Waals surface area contributed by atoms with Crippen molar-refractivity contribution >= 4 is 29.3 Å². The fourth-order valence-electron chi connectivity index (χ4n) is 2.52. The highest BCUT2D eigenvalue weighted by molar-refractivity contribution is 7.11. The van der Waals surface area contributed by atoms with Gasteiger partial charge in [-0.25, -0.2) is 4.79 Å². The van der Waals surface area contributed by atoms with Gasteiger partial charge < -0.3 is 10.4 Å². The quantitative estimate of drug-likeness (QED) is 0.837. The lowest BCUT2D eigenvalue weighted by Gasteiger charge is -2.34. The first-order chi connectivity index (χ1) is 9.48. The van der Waals surface area contributed by atoms with E-state index in [0.717, 1.165) is 36.6 Å². The van der Waals surface area contributed by atoms with E-state index in [-0.39, 0.29) is 11.4 Å². The molecule has 5 heteroatoms. The Morgan fingerprint density at radius 1 is 1.35 bits per heavy atom. The fraction of sp³-hybridized carbons (Fsp3) is 0.467. The molecular formula is C15H19NO3S. The molecule has 1 saturated carbocycles. The third-order valence-corrected chi connectivity index (χ3v) is 4.54. The lowest BCUT2D eigenvalue weighted by Crippen LogP contribution is -2.47. The fourth-order valence-corrected chi connectivity index (χ4v) is 3.30. The summed E-state index contributed by atoms with van der Waals surface area (Å²) in [4.78, 5) is 23.5. The van der Waals surface area contributed by atoms with Crippen LogP contribution >= 0.6 is 11.3 Å². The van der Waals surface area contributed by atoms with Crippen molar-refractivity contribution < 1.29 is 14.7 Å². The Morgan fingerprint density at radius 3 is 2.70 bits per heavy atom. The van der Waals surface area contributed by atoms with Gasteiger partial charge in [0.05, 0.1) is 5.56 Å². The first kappa shape index (κ1) is 14.8. The van der Waals surface area contributed by atoms with Crippen LogP contribution in [0.2, 0.25) is 0 Å². The predicted molar refractivity (Wildman–Crippen MR) is 79.9 cm³/mol. The van der Waals surface area contributed by atoms with E-state index in [9.17, 15) is 9.59 Å². The van der Waals surface area contributed by atoms with Gasteiger partial charge in [-0.15, -0.1) is 11.3 Å². The van der Waals surface area contributed by atoms with Gasteiger partial charge in [0.1, 0.15) is 0 Å². The number of aliphatic carboxylic acids is 1. The largest absolute Gasteiger partial charge is 0.478 e. The summed E-state index contributed by atoms with van der Waals surface area (Å²) in [7, 11) is 0. The zero-order valence-corrected chi connectivity index (χ0v) is 12.3. The molecule has 2 rings (SSSR count). The molecule has 0 bridgehead atoms. The summed E-state index contributed by atoms with van der Waals surface area (Å²) in [6.07, 6.45) is 8.19. The third-order valence-electron chi connectivity index (χ3n) is 3.64. The molecule has 0 aromatic carbocycles. The zero-order valence-electron chi connectivity index (χ0n) is 11.5. The van der Waals surface area contributed by atoms with Gasteiger partial charge in [0.25, 0.3) is 5.91 Å². The van der Waals surface area contributed by atoms with Crippen LogP contribution in [0.5, 0.6) is 0 Å². The summed E-state index contributed by atoms with van der Waals surface area (Å²) in [5.74, 6) is -1.06. The number of carboxylic acids is 1. The molecule has 1 heterocycles. The van der Waals surface area contributed by atoms with Gasteiger partial charge in [0.15, 0.2) is 0 Å². The maximum atomic E-state index is 12.2.